The Hall–Kier alpha value is -2.15. The fourth-order valence-corrected chi connectivity index (χ4v) is 2.84. The van der Waals surface area contributed by atoms with E-state index in [1.165, 1.54) is 4.52 Å². The Morgan fingerprint density at radius 2 is 2.38 bits per heavy atom. The molecule has 0 unspecified atom stereocenters. The van der Waals surface area contributed by atoms with Gasteiger partial charge >= 0.3 is 0 Å². The molecule has 0 aromatic carbocycles. The zero-order valence-electron chi connectivity index (χ0n) is 12.2. The second-order valence-electron chi connectivity index (χ2n) is 5.12. The maximum atomic E-state index is 11.9. The molecule has 2 aromatic heterocycles. The summed E-state index contributed by atoms with van der Waals surface area (Å²) >= 11 is 0. The van der Waals surface area contributed by atoms with Crippen molar-refractivity contribution in [3.8, 4) is 0 Å². The van der Waals surface area contributed by atoms with Crippen molar-refractivity contribution in [1.82, 2.24) is 14.6 Å². The van der Waals surface area contributed by atoms with E-state index >= 15 is 0 Å². The summed E-state index contributed by atoms with van der Waals surface area (Å²) in [6, 6.07) is 1.82. The zero-order chi connectivity index (χ0) is 15.0. The number of carbonyl (C=O) groups is 1. The summed E-state index contributed by atoms with van der Waals surface area (Å²) in [4.78, 5) is 16.5. The zero-order valence-corrected chi connectivity index (χ0v) is 12.2. The van der Waals surface area contributed by atoms with Gasteiger partial charge in [-0.05, 0) is 25.8 Å². The van der Waals surface area contributed by atoms with Gasteiger partial charge in [0.15, 0.2) is 11.3 Å². The lowest BCUT2D eigenvalue weighted by atomic mass is 9.78. The molecule has 112 valence electrons. The fraction of sp³-hybridized carbons (Fsp3) is 0.500. The first-order chi connectivity index (χ1) is 10.2. The van der Waals surface area contributed by atoms with Gasteiger partial charge in [-0.2, -0.15) is 5.10 Å². The molecule has 3 rings (SSSR count). The van der Waals surface area contributed by atoms with Gasteiger partial charge in [-0.1, -0.05) is 0 Å². The van der Waals surface area contributed by atoms with Crippen LogP contribution < -0.4 is 11.1 Å². The number of hydrogen-bond acceptors (Lipinski definition) is 5. The molecule has 1 amide bonds. The highest BCUT2D eigenvalue weighted by atomic mass is 16.5. The van der Waals surface area contributed by atoms with E-state index in [0.29, 0.717) is 23.6 Å². The predicted molar refractivity (Wildman–Crippen MR) is 78.4 cm³/mol. The summed E-state index contributed by atoms with van der Waals surface area (Å²) in [5.41, 5.74) is 8.03. The molecule has 7 heteroatoms. The SMILES string of the molecule is CCO[C@@H]1CC[C@@H]1c1nc2c(NC)ccnn2c1C(N)=O. The van der Waals surface area contributed by atoms with Gasteiger partial charge in [0.25, 0.3) is 5.91 Å². The lowest BCUT2D eigenvalue weighted by Gasteiger charge is -2.35. The van der Waals surface area contributed by atoms with Crippen LogP contribution in [-0.2, 0) is 4.74 Å². The summed E-state index contributed by atoms with van der Waals surface area (Å²) in [6.07, 6.45) is 3.66. The van der Waals surface area contributed by atoms with Crippen LogP contribution in [-0.4, -0.2) is 40.3 Å². The summed E-state index contributed by atoms with van der Waals surface area (Å²) < 4.78 is 7.21. The predicted octanol–water partition coefficient (Wildman–Crippen LogP) is 1.15. The number of hydrogen-bond donors (Lipinski definition) is 2. The standard InChI is InChI=1S/C14H19N5O2/c1-3-21-10-5-4-8(10)11-12(13(15)20)19-14(18-11)9(16-2)6-7-17-19/h6-8,10,16H,3-5H2,1-2H3,(H2,15,20)/t8-,10+/m0/s1. The van der Waals surface area contributed by atoms with E-state index < -0.39 is 5.91 Å². The van der Waals surface area contributed by atoms with Crippen molar-refractivity contribution in [3.63, 3.8) is 0 Å². The second kappa shape index (κ2) is 5.33. The van der Waals surface area contributed by atoms with Crippen LogP contribution >= 0.6 is 0 Å². The highest BCUT2D eigenvalue weighted by molar-refractivity contribution is 5.94. The molecule has 2 atom stereocenters. The third-order valence-electron chi connectivity index (χ3n) is 3.99. The molecular formula is C14H19N5O2. The first-order valence-electron chi connectivity index (χ1n) is 7.14. The van der Waals surface area contributed by atoms with Crippen LogP contribution in [0.2, 0.25) is 0 Å². The van der Waals surface area contributed by atoms with Gasteiger partial charge in [-0.3, -0.25) is 4.79 Å². The fourth-order valence-electron chi connectivity index (χ4n) is 2.84. The molecule has 7 nitrogen and oxygen atoms in total. The van der Waals surface area contributed by atoms with Crippen LogP contribution in [0.1, 0.15) is 41.9 Å². The topological polar surface area (TPSA) is 94.5 Å². The maximum absolute atomic E-state index is 11.9. The normalized spacial score (nSPS) is 21.2. The van der Waals surface area contributed by atoms with Crippen molar-refractivity contribution in [3.05, 3.63) is 23.7 Å². The third-order valence-corrected chi connectivity index (χ3v) is 3.99. The smallest absolute Gasteiger partial charge is 0.269 e. The van der Waals surface area contributed by atoms with E-state index in [-0.39, 0.29) is 12.0 Å². The minimum absolute atomic E-state index is 0.107. The Kier molecular flexibility index (Phi) is 3.50. The van der Waals surface area contributed by atoms with Gasteiger partial charge < -0.3 is 15.8 Å². The Balaban J connectivity index is 2.13. The maximum Gasteiger partial charge on any atom is 0.269 e. The molecule has 0 saturated heterocycles. The average Bonchev–Trinajstić information content (AvgIpc) is 2.81. The average molecular weight is 289 g/mol. The summed E-state index contributed by atoms with van der Waals surface area (Å²) in [5, 5.41) is 7.27. The molecule has 0 bridgehead atoms. The van der Waals surface area contributed by atoms with Crippen molar-refractivity contribution in [2.24, 2.45) is 5.73 Å². The van der Waals surface area contributed by atoms with Crippen LogP contribution in [0.4, 0.5) is 5.69 Å². The molecule has 0 spiro atoms. The van der Waals surface area contributed by atoms with Gasteiger partial charge in [-0.25, -0.2) is 9.50 Å². The Labute approximate surface area is 122 Å². The largest absolute Gasteiger partial charge is 0.385 e. The van der Waals surface area contributed by atoms with Crippen LogP contribution in [0.15, 0.2) is 12.3 Å². The minimum Gasteiger partial charge on any atom is -0.385 e. The molecule has 0 radical (unpaired) electrons. The van der Waals surface area contributed by atoms with Crippen LogP contribution in [0.25, 0.3) is 5.65 Å². The van der Waals surface area contributed by atoms with Crippen molar-refractivity contribution in [1.29, 1.82) is 0 Å². The Morgan fingerprint density at radius 1 is 1.57 bits per heavy atom. The summed E-state index contributed by atoms with van der Waals surface area (Å²) in [6.45, 7) is 2.62. The number of fused-ring (bicyclic) bond motifs is 1. The first-order valence-corrected chi connectivity index (χ1v) is 7.14. The molecule has 1 fully saturated rings. The molecule has 0 aliphatic heterocycles. The first kappa shape index (κ1) is 13.8. The van der Waals surface area contributed by atoms with E-state index in [4.69, 9.17) is 10.5 Å². The van der Waals surface area contributed by atoms with E-state index in [9.17, 15) is 4.79 Å². The molecule has 1 aliphatic carbocycles. The van der Waals surface area contributed by atoms with Crippen molar-refractivity contribution in [2.45, 2.75) is 31.8 Å². The van der Waals surface area contributed by atoms with E-state index in [2.05, 4.69) is 15.4 Å². The van der Waals surface area contributed by atoms with Crippen LogP contribution in [0, 0.1) is 0 Å². The highest BCUT2D eigenvalue weighted by Crippen LogP contribution is 2.40. The van der Waals surface area contributed by atoms with Crippen molar-refractivity contribution < 1.29 is 9.53 Å². The molecular weight excluding hydrogens is 270 g/mol. The molecule has 1 saturated carbocycles. The number of primary amides is 1. The number of aromatic nitrogens is 3. The summed E-state index contributed by atoms with van der Waals surface area (Å²) in [7, 11) is 1.81. The molecule has 2 aromatic rings. The van der Waals surface area contributed by atoms with Gasteiger partial charge in [0.1, 0.15) is 0 Å². The number of ether oxygens (including phenoxy) is 1. The molecule has 21 heavy (non-hydrogen) atoms. The number of nitrogens with two attached hydrogens (primary N) is 1. The van der Waals surface area contributed by atoms with Crippen LogP contribution in [0.5, 0.6) is 0 Å². The van der Waals surface area contributed by atoms with Crippen LogP contribution in [0.3, 0.4) is 0 Å². The van der Waals surface area contributed by atoms with E-state index in [0.717, 1.165) is 18.5 Å². The van der Waals surface area contributed by atoms with Gasteiger partial charge in [0, 0.05) is 19.6 Å². The van der Waals surface area contributed by atoms with Gasteiger partial charge in [-0.15, -0.1) is 0 Å². The number of amides is 1. The number of nitrogens with zero attached hydrogens (tertiary/aromatic N) is 3. The number of anilines is 1. The lowest BCUT2D eigenvalue weighted by molar-refractivity contribution is -0.0114. The number of nitrogens with one attached hydrogen (secondary N) is 1. The second-order valence-corrected chi connectivity index (χ2v) is 5.12. The van der Waals surface area contributed by atoms with Crippen molar-refractivity contribution in [2.75, 3.05) is 19.0 Å². The third kappa shape index (κ3) is 2.13. The Morgan fingerprint density at radius 3 is 2.95 bits per heavy atom. The quantitative estimate of drug-likeness (QED) is 0.861. The van der Waals surface area contributed by atoms with Gasteiger partial charge in [0.05, 0.1) is 23.7 Å². The lowest BCUT2D eigenvalue weighted by Crippen LogP contribution is -2.34. The molecule has 3 N–H and O–H groups in total. The van der Waals surface area contributed by atoms with E-state index in [1.807, 2.05) is 13.0 Å². The number of imidazole rings is 1. The molecule has 2 heterocycles. The highest BCUT2D eigenvalue weighted by Gasteiger charge is 2.38. The Bertz CT molecular complexity index is 681. The number of rotatable bonds is 5. The minimum atomic E-state index is -0.514. The number of carbonyl (C=O) groups excluding carboxylic acids is 1. The van der Waals surface area contributed by atoms with Crippen molar-refractivity contribution >= 4 is 17.2 Å². The van der Waals surface area contributed by atoms with E-state index in [1.54, 1.807) is 13.2 Å². The van der Waals surface area contributed by atoms with Gasteiger partial charge in [0.2, 0.25) is 0 Å². The molecule has 1 aliphatic rings. The summed E-state index contributed by atoms with van der Waals surface area (Å²) in [5.74, 6) is -0.403. The monoisotopic (exact) mass is 289 g/mol.